The van der Waals surface area contributed by atoms with Crippen LogP contribution in [0.5, 0.6) is 0 Å². The third kappa shape index (κ3) is 4.73. The number of aromatic nitrogens is 3. The molecule has 0 aliphatic carbocycles. The van der Waals surface area contributed by atoms with E-state index in [2.05, 4.69) is 52.3 Å². The number of anilines is 1. The van der Waals surface area contributed by atoms with E-state index < -0.39 is 5.91 Å². The maximum atomic E-state index is 11.5. The molecule has 4 rings (SSSR count). The highest BCUT2D eigenvalue weighted by Crippen LogP contribution is 2.25. The van der Waals surface area contributed by atoms with E-state index in [0.717, 1.165) is 40.0 Å². The zero-order valence-corrected chi connectivity index (χ0v) is 19.1. The smallest absolute Gasteiger partial charge is 0.248 e. The fourth-order valence-corrected chi connectivity index (χ4v) is 3.84. The quantitative estimate of drug-likeness (QED) is 0.196. The minimum Gasteiger partial charge on any atom is -0.366 e. The molecule has 0 fully saturated rings. The summed E-state index contributed by atoms with van der Waals surface area (Å²) in [6.07, 6.45) is 9.32. The van der Waals surface area contributed by atoms with Crippen LogP contribution < -0.4 is 16.6 Å². The average molecular weight is 441 g/mol. The largest absolute Gasteiger partial charge is 0.366 e. The maximum absolute atomic E-state index is 11.5. The number of aryl methyl sites for hydroxylation is 1. The fourth-order valence-electron chi connectivity index (χ4n) is 3.84. The second-order valence-electron chi connectivity index (χ2n) is 8.05. The number of fused-ring (bicyclic) bond motifs is 1. The Balaban J connectivity index is 1.53. The van der Waals surface area contributed by atoms with E-state index in [1.165, 1.54) is 5.56 Å². The molecule has 33 heavy (non-hydrogen) atoms. The SMILES string of the molecule is C/C=C(\C=C(\C)N(N)c1ccc2c(ccn2Cc2ccc(-c3cnn(C)c3)cc2)c1)C(N)=O. The van der Waals surface area contributed by atoms with Crippen LogP contribution in [0.3, 0.4) is 0 Å². The lowest BCUT2D eigenvalue weighted by Crippen LogP contribution is -2.29. The molecule has 0 spiro atoms. The molecule has 4 N–H and O–H groups in total. The van der Waals surface area contributed by atoms with Crippen LogP contribution in [-0.2, 0) is 18.4 Å². The number of amides is 1. The van der Waals surface area contributed by atoms with Crippen molar-refractivity contribution in [1.29, 1.82) is 0 Å². The molecule has 2 heterocycles. The summed E-state index contributed by atoms with van der Waals surface area (Å²) in [5, 5.41) is 6.88. The summed E-state index contributed by atoms with van der Waals surface area (Å²) < 4.78 is 4.02. The van der Waals surface area contributed by atoms with Crippen molar-refractivity contribution in [1.82, 2.24) is 14.3 Å². The van der Waals surface area contributed by atoms with Gasteiger partial charge in [-0.05, 0) is 55.3 Å². The summed E-state index contributed by atoms with van der Waals surface area (Å²) in [7, 11) is 1.92. The van der Waals surface area contributed by atoms with Gasteiger partial charge in [-0.25, -0.2) is 5.84 Å². The van der Waals surface area contributed by atoms with E-state index in [9.17, 15) is 4.79 Å². The van der Waals surface area contributed by atoms with Gasteiger partial charge in [0.1, 0.15) is 0 Å². The van der Waals surface area contributed by atoms with Crippen molar-refractivity contribution in [2.75, 3.05) is 5.01 Å². The number of hydrogen-bond donors (Lipinski definition) is 2. The number of allylic oxidation sites excluding steroid dienone is 2. The van der Waals surface area contributed by atoms with Gasteiger partial charge in [-0.15, -0.1) is 0 Å². The predicted octanol–water partition coefficient (Wildman–Crippen LogP) is 4.11. The van der Waals surface area contributed by atoms with Gasteiger partial charge in [0, 0.05) is 53.7 Å². The number of carbonyl (C=O) groups is 1. The van der Waals surface area contributed by atoms with Gasteiger partial charge in [-0.2, -0.15) is 5.10 Å². The maximum Gasteiger partial charge on any atom is 0.248 e. The van der Waals surface area contributed by atoms with Gasteiger partial charge < -0.3 is 10.3 Å². The van der Waals surface area contributed by atoms with Crippen molar-refractivity contribution in [2.45, 2.75) is 20.4 Å². The highest BCUT2D eigenvalue weighted by molar-refractivity contribution is 5.95. The molecule has 4 aromatic rings. The third-order valence-electron chi connectivity index (χ3n) is 5.72. The molecular weight excluding hydrogens is 412 g/mol. The Labute approximate surface area is 193 Å². The van der Waals surface area contributed by atoms with Crippen molar-refractivity contribution < 1.29 is 4.79 Å². The van der Waals surface area contributed by atoms with Gasteiger partial charge >= 0.3 is 0 Å². The fraction of sp³-hybridized carbons (Fsp3) is 0.154. The van der Waals surface area contributed by atoms with E-state index in [1.54, 1.807) is 28.8 Å². The lowest BCUT2D eigenvalue weighted by Gasteiger charge is -2.20. The zero-order chi connectivity index (χ0) is 23.5. The van der Waals surface area contributed by atoms with E-state index in [0.29, 0.717) is 5.57 Å². The van der Waals surface area contributed by atoms with Gasteiger partial charge in [0.15, 0.2) is 0 Å². The second-order valence-corrected chi connectivity index (χ2v) is 8.05. The highest BCUT2D eigenvalue weighted by Gasteiger charge is 2.10. The summed E-state index contributed by atoms with van der Waals surface area (Å²) in [6.45, 7) is 4.38. The number of hydrogen-bond acceptors (Lipinski definition) is 4. The number of hydrazine groups is 1. The molecule has 7 heteroatoms. The minimum absolute atomic E-state index is 0.421. The van der Waals surface area contributed by atoms with E-state index in [1.807, 2.05) is 38.5 Å². The molecule has 0 unspecified atom stereocenters. The summed E-state index contributed by atoms with van der Waals surface area (Å²) in [5.74, 6) is 5.82. The highest BCUT2D eigenvalue weighted by atomic mass is 16.1. The van der Waals surface area contributed by atoms with Crippen LogP contribution in [-0.4, -0.2) is 20.3 Å². The Kier molecular flexibility index (Phi) is 6.15. The standard InChI is InChI=1S/C26H28N6O/c1-4-20(26(27)33)13-18(2)32(28)24-9-10-25-22(14-24)11-12-31(25)16-19-5-7-21(8-6-19)23-15-29-30(3)17-23/h4-15,17H,16,28H2,1-3H3,(H2,27,33)/b18-13-,20-4+. The molecule has 0 saturated carbocycles. The van der Waals surface area contributed by atoms with Gasteiger partial charge in [0.25, 0.3) is 0 Å². The van der Waals surface area contributed by atoms with Crippen LogP contribution in [0.1, 0.15) is 19.4 Å². The zero-order valence-electron chi connectivity index (χ0n) is 19.1. The first kappa shape index (κ1) is 22.1. The van der Waals surface area contributed by atoms with Crippen molar-refractivity contribution in [2.24, 2.45) is 18.6 Å². The lowest BCUT2D eigenvalue weighted by atomic mass is 10.1. The first-order valence-corrected chi connectivity index (χ1v) is 10.7. The molecule has 0 radical (unpaired) electrons. The number of primary amides is 1. The summed E-state index contributed by atoms with van der Waals surface area (Å²) in [5.41, 5.74) is 12.0. The van der Waals surface area contributed by atoms with Crippen LogP contribution in [0.2, 0.25) is 0 Å². The first-order chi connectivity index (χ1) is 15.9. The third-order valence-corrected chi connectivity index (χ3v) is 5.72. The van der Waals surface area contributed by atoms with Crippen molar-refractivity contribution in [3.8, 4) is 11.1 Å². The molecular formula is C26H28N6O. The molecule has 2 aromatic carbocycles. The topological polar surface area (TPSA) is 95.1 Å². The number of nitrogens with zero attached hydrogens (tertiary/aromatic N) is 4. The molecule has 1 amide bonds. The van der Waals surface area contributed by atoms with Crippen molar-refractivity contribution >= 4 is 22.5 Å². The minimum atomic E-state index is -0.480. The summed E-state index contributed by atoms with van der Waals surface area (Å²) in [6, 6.07) is 16.7. The molecule has 0 saturated heterocycles. The Morgan fingerprint density at radius 1 is 1.12 bits per heavy atom. The Morgan fingerprint density at radius 3 is 2.52 bits per heavy atom. The van der Waals surface area contributed by atoms with Crippen LogP contribution in [0.15, 0.2) is 90.5 Å². The number of rotatable bonds is 7. The average Bonchev–Trinajstić information content (AvgIpc) is 3.43. The molecule has 0 aliphatic heterocycles. The van der Waals surface area contributed by atoms with Crippen LogP contribution in [0.25, 0.3) is 22.0 Å². The van der Waals surface area contributed by atoms with Gasteiger partial charge in [-0.3, -0.25) is 14.5 Å². The van der Waals surface area contributed by atoms with Gasteiger partial charge in [0.2, 0.25) is 5.91 Å². The first-order valence-electron chi connectivity index (χ1n) is 10.7. The molecule has 0 aliphatic rings. The van der Waals surface area contributed by atoms with Crippen LogP contribution in [0.4, 0.5) is 5.69 Å². The van der Waals surface area contributed by atoms with Gasteiger partial charge in [0.05, 0.1) is 11.9 Å². The molecule has 2 aromatic heterocycles. The second kappa shape index (κ2) is 9.18. The number of benzene rings is 2. The Hall–Kier alpha value is -4.10. The van der Waals surface area contributed by atoms with Crippen LogP contribution >= 0.6 is 0 Å². The van der Waals surface area contributed by atoms with Crippen molar-refractivity contribution in [3.63, 3.8) is 0 Å². The van der Waals surface area contributed by atoms with Crippen LogP contribution in [0, 0.1) is 0 Å². The molecule has 168 valence electrons. The van der Waals surface area contributed by atoms with E-state index in [-0.39, 0.29) is 0 Å². The summed E-state index contributed by atoms with van der Waals surface area (Å²) in [4.78, 5) is 11.5. The summed E-state index contributed by atoms with van der Waals surface area (Å²) >= 11 is 0. The predicted molar refractivity (Wildman–Crippen MR) is 133 cm³/mol. The number of carbonyl (C=O) groups excluding carboxylic acids is 1. The van der Waals surface area contributed by atoms with E-state index in [4.69, 9.17) is 11.6 Å². The monoisotopic (exact) mass is 440 g/mol. The Morgan fingerprint density at radius 2 is 1.88 bits per heavy atom. The van der Waals surface area contributed by atoms with E-state index >= 15 is 0 Å². The normalized spacial score (nSPS) is 12.4. The molecule has 0 bridgehead atoms. The van der Waals surface area contributed by atoms with Crippen molar-refractivity contribution in [3.05, 3.63) is 96.1 Å². The molecule has 0 atom stereocenters. The number of nitrogens with two attached hydrogens (primary N) is 2. The molecule has 7 nitrogen and oxygen atoms in total. The Bertz CT molecular complexity index is 1360. The lowest BCUT2D eigenvalue weighted by molar-refractivity contribution is -0.114. The van der Waals surface area contributed by atoms with Gasteiger partial charge in [-0.1, -0.05) is 30.3 Å².